The summed E-state index contributed by atoms with van der Waals surface area (Å²) in [4.78, 5) is 0. The first kappa shape index (κ1) is 9.31. The number of alkyl halides is 3. The van der Waals surface area contributed by atoms with Crippen LogP contribution < -0.4 is 0 Å². The molecule has 0 unspecified atom stereocenters. The van der Waals surface area contributed by atoms with Crippen molar-refractivity contribution in [2.24, 2.45) is 7.05 Å². The van der Waals surface area contributed by atoms with Crippen LogP contribution in [0.25, 0.3) is 0 Å². The van der Waals surface area contributed by atoms with E-state index in [9.17, 15) is 17.6 Å². The van der Waals surface area contributed by atoms with Crippen LogP contribution in [-0.4, -0.2) is 9.78 Å². The van der Waals surface area contributed by atoms with Crippen LogP contribution in [0, 0.1) is 5.95 Å². The highest BCUT2D eigenvalue weighted by Gasteiger charge is 2.39. The first-order valence-electron chi connectivity index (χ1n) is 2.79. The van der Waals surface area contributed by atoms with Crippen molar-refractivity contribution in [3.8, 4) is 0 Å². The maximum Gasteiger partial charge on any atom is 0.423 e. The summed E-state index contributed by atoms with van der Waals surface area (Å²) in [6, 6.07) is 0. The van der Waals surface area contributed by atoms with Crippen molar-refractivity contribution in [2.75, 3.05) is 0 Å². The lowest BCUT2D eigenvalue weighted by Gasteiger charge is -2.02. The fourth-order valence-electron chi connectivity index (χ4n) is 0.706. The number of rotatable bonds is 0. The molecule has 0 radical (unpaired) electrons. The molecular weight excluding hydrogens is 200 g/mol. The molecule has 2 nitrogen and oxygen atoms in total. The fraction of sp³-hybridized carbons (Fsp3) is 0.400. The average molecular weight is 203 g/mol. The van der Waals surface area contributed by atoms with Gasteiger partial charge < -0.3 is 0 Å². The molecule has 0 aliphatic rings. The minimum atomic E-state index is -4.80. The van der Waals surface area contributed by atoms with Crippen LogP contribution in [0.5, 0.6) is 0 Å². The normalized spacial score (nSPS) is 12.2. The lowest BCUT2D eigenvalue weighted by atomic mass is 10.3. The van der Waals surface area contributed by atoms with Crippen molar-refractivity contribution < 1.29 is 17.6 Å². The van der Waals surface area contributed by atoms with Crippen LogP contribution in [0.4, 0.5) is 17.6 Å². The first-order valence-corrected chi connectivity index (χ1v) is 3.17. The molecule has 0 N–H and O–H groups in total. The Balaban J connectivity index is 3.32. The zero-order chi connectivity index (χ0) is 9.52. The fourth-order valence-corrected chi connectivity index (χ4v) is 1.00. The maximum atomic E-state index is 12.6. The second-order valence-electron chi connectivity index (χ2n) is 2.08. The van der Waals surface area contributed by atoms with Gasteiger partial charge in [0.1, 0.15) is 5.56 Å². The van der Waals surface area contributed by atoms with E-state index in [0.29, 0.717) is 4.68 Å². The first-order chi connectivity index (χ1) is 5.34. The van der Waals surface area contributed by atoms with Crippen LogP contribution in [0.15, 0.2) is 0 Å². The summed E-state index contributed by atoms with van der Waals surface area (Å²) in [5, 5.41) is 2.19. The zero-order valence-electron chi connectivity index (χ0n) is 5.78. The minimum absolute atomic E-state index is 0.436. The Hall–Kier alpha value is -0.780. The predicted octanol–water partition coefficient (Wildman–Crippen LogP) is 2.23. The van der Waals surface area contributed by atoms with Gasteiger partial charge >= 0.3 is 6.18 Å². The number of halogens is 5. The number of aryl methyl sites for hydroxylation is 1. The molecule has 1 aromatic rings. The van der Waals surface area contributed by atoms with Crippen LogP contribution in [0.2, 0.25) is 5.15 Å². The Bertz CT molecular complexity index is 303. The van der Waals surface area contributed by atoms with Gasteiger partial charge in [-0.1, -0.05) is 11.6 Å². The standard InChI is InChI=1S/C5H3ClF4N2/c1-12-4(7)2(3(6)11-12)5(8,9)10/h1H3. The summed E-state index contributed by atoms with van der Waals surface area (Å²) in [5.41, 5.74) is -1.52. The van der Waals surface area contributed by atoms with E-state index in [4.69, 9.17) is 11.6 Å². The third-order valence-corrected chi connectivity index (χ3v) is 1.48. The molecule has 0 aliphatic carbocycles. The van der Waals surface area contributed by atoms with E-state index in [1.807, 2.05) is 0 Å². The molecule has 1 rings (SSSR count). The zero-order valence-corrected chi connectivity index (χ0v) is 6.54. The molecule has 0 bridgehead atoms. The van der Waals surface area contributed by atoms with Crippen molar-refractivity contribution in [3.63, 3.8) is 0 Å². The largest absolute Gasteiger partial charge is 0.423 e. The van der Waals surface area contributed by atoms with Crippen molar-refractivity contribution in [1.82, 2.24) is 9.78 Å². The topological polar surface area (TPSA) is 17.8 Å². The Labute approximate surface area is 69.7 Å². The van der Waals surface area contributed by atoms with Gasteiger partial charge in [-0.2, -0.15) is 22.7 Å². The third kappa shape index (κ3) is 1.38. The highest BCUT2D eigenvalue weighted by molar-refractivity contribution is 6.30. The highest BCUT2D eigenvalue weighted by atomic mass is 35.5. The van der Waals surface area contributed by atoms with Gasteiger partial charge in [0.25, 0.3) is 0 Å². The number of aromatic nitrogens is 2. The highest BCUT2D eigenvalue weighted by Crippen LogP contribution is 2.35. The molecule has 1 aromatic heterocycles. The minimum Gasteiger partial charge on any atom is -0.241 e. The molecule has 0 saturated carbocycles. The lowest BCUT2D eigenvalue weighted by molar-refractivity contribution is -0.140. The van der Waals surface area contributed by atoms with Gasteiger partial charge in [0.2, 0.25) is 5.95 Å². The van der Waals surface area contributed by atoms with E-state index in [-0.39, 0.29) is 0 Å². The van der Waals surface area contributed by atoms with Crippen molar-refractivity contribution in [2.45, 2.75) is 6.18 Å². The molecular formula is C5H3ClF4N2. The molecule has 12 heavy (non-hydrogen) atoms. The Kier molecular flexibility index (Phi) is 2.03. The molecule has 0 amide bonds. The van der Waals surface area contributed by atoms with Gasteiger partial charge in [-0.15, -0.1) is 0 Å². The molecule has 68 valence electrons. The summed E-state index contributed by atoms with van der Waals surface area (Å²) in [6.07, 6.45) is -4.80. The summed E-state index contributed by atoms with van der Waals surface area (Å²) in [7, 11) is 1.04. The molecule has 0 spiro atoms. The number of nitrogens with zero attached hydrogens (tertiary/aromatic N) is 2. The van der Waals surface area contributed by atoms with E-state index < -0.39 is 22.8 Å². The average Bonchev–Trinajstić information content (AvgIpc) is 2.05. The second-order valence-corrected chi connectivity index (χ2v) is 2.44. The third-order valence-electron chi connectivity index (χ3n) is 1.22. The van der Waals surface area contributed by atoms with Crippen molar-refractivity contribution in [1.29, 1.82) is 0 Å². The SMILES string of the molecule is Cn1nc(Cl)c(C(F)(F)F)c1F. The van der Waals surface area contributed by atoms with Crippen LogP contribution in [-0.2, 0) is 13.2 Å². The van der Waals surface area contributed by atoms with Crippen LogP contribution in [0.1, 0.15) is 5.56 Å². The van der Waals surface area contributed by atoms with E-state index in [1.54, 1.807) is 0 Å². The van der Waals surface area contributed by atoms with Gasteiger partial charge in [0.05, 0.1) is 0 Å². The summed E-state index contributed by atoms with van der Waals surface area (Å²) in [5.74, 6) is -1.48. The molecule has 0 aromatic carbocycles. The number of hydrogen-bond donors (Lipinski definition) is 0. The van der Waals surface area contributed by atoms with Gasteiger partial charge in [-0.25, -0.2) is 4.68 Å². The molecule has 0 aliphatic heterocycles. The van der Waals surface area contributed by atoms with E-state index in [1.165, 1.54) is 0 Å². The molecule has 7 heteroatoms. The van der Waals surface area contributed by atoms with Gasteiger partial charge in [-0.3, -0.25) is 0 Å². The Morgan fingerprint density at radius 2 is 1.92 bits per heavy atom. The number of hydrogen-bond acceptors (Lipinski definition) is 1. The molecule has 1 heterocycles. The van der Waals surface area contributed by atoms with Gasteiger partial charge in [0.15, 0.2) is 5.15 Å². The van der Waals surface area contributed by atoms with Gasteiger partial charge in [0, 0.05) is 7.05 Å². The summed E-state index contributed by atoms with van der Waals surface area (Å²) >= 11 is 5.04. The van der Waals surface area contributed by atoms with Gasteiger partial charge in [-0.05, 0) is 0 Å². The smallest absolute Gasteiger partial charge is 0.241 e. The van der Waals surface area contributed by atoms with Crippen LogP contribution in [0.3, 0.4) is 0 Å². The van der Waals surface area contributed by atoms with E-state index in [2.05, 4.69) is 5.10 Å². The maximum absolute atomic E-state index is 12.6. The summed E-state index contributed by atoms with van der Waals surface area (Å²) in [6.45, 7) is 0. The van der Waals surface area contributed by atoms with E-state index in [0.717, 1.165) is 7.05 Å². The second kappa shape index (κ2) is 2.62. The molecule has 0 saturated heterocycles. The van der Waals surface area contributed by atoms with Crippen molar-refractivity contribution >= 4 is 11.6 Å². The Morgan fingerprint density at radius 3 is 2.08 bits per heavy atom. The molecule has 0 fully saturated rings. The monoisotopic (exact) mass is 202 g/mol. The predicted molar refractivity (Wildman–Crippen MR) is 33.2 cm³/mol. The van der Waals surface area contributed by atoms with E-state index >= 15 is 0 Å². The van der Waals surface area contributed by atoms with Crippen LogP contribution >= 0.6 is 11.6 Å². The quantitative estimate of drug-likeness (QED) is 0.590. The lowest BCUT2D eigenvalue weighted by Crippen LogP contribution is -2.08. The summed E-state index contributed by atoms with van der Waals surface area (Å²) < 4.78 is 48.9. The van der Waals surface area contributed by atoms with Crippen molar-refractivity contribution in [3.05, 3.63) is 16.7 Å². The Morgan fingerprint density at radius 1 is 1.42 bits per heavy atom. The molecule has 0 atom stereocenters.